The Bertz CT molecular complexity index is 578. The summed E-state index contributed by atoms with van der Waals surface area (Å²) in [5.41, 5.74) is 0. The van der Waals surface area contributed by atoms with Crippen molar-refractivity contribution >= 4 is 0 Å². The first-order valence-corrected chi connectivity index (χ1v) is 10.9. The summed E-state index contributed by atoms with van der Waals surface area (Å²) >= 11 is 0. The summed E-state index contributed by atoms with van der Waals surface area (Å²) in [5, 5.41) is 70.5. The Labute approximate surface area is 175 Å². The van der Waals surface area contributed by atoms with E-state index in [0.29, 0.717) is 32.1 Å². The van der Waals surface area contributed by atoms with Crippen molar-refractivity contribution in [3.8, 4) is 0 Å². The van der Waals surface area contributed by atoms with Gasteiger partial charge in [0, 0.05) is 5.92 Å². The Morgan fingerprint density at radius 3 is 2.20 bits per heavy atom. The van der Waals surface area contributed by atoms with Gasteiger partial charge in [-0.2, -0.15) is 0 Å². The molecule has 2 saturated carbocycles. The first-order valence-electron chi connectivity index (χ1n) is 10.9. The summed E-state index contributed by atoms with van der Waals surface area (Å²) in [7, 11) is 0. The standard InChI is InChI=1S/C20H34O10/c21-9-4-12(23)10-6-16(30-20-18(27)17(26)14(25)7-28-20)19(29-15(10)5-9)8-1-2-11(22)13(24)3-8/h8-27H,1-7H2/t8?,9?,10?,11?,12?,13?,14-,15?,16?,17-,18+,19?,20+/m1/s1. The molecule has 4 fully saturated rings. The van der Waals surface area contributed by atoms with Crippen LogP contribution >= 0.6 is 0 Å². The van der Waals surface area contributed by atoms with Crippen molar-refractivity contribution in [2.75, 3.05) is 6.61 Å². The molecule has 4 aliphatic rings. The zero-order valence-corrected chi connectivity index (χ0v) is 16.8. The van der Waals surface area contributed by atoms with E-state index in [-0.39, 0.29) is 31.0 Å². The SMILES string of the molecule is OC1CC(O)C2CC(O[C@@H]3OC[C@@H](O)[C@@H](O)[C@@H]3O)C(C3CCC(O)C(O)C3)OC2C1. The monoisotopic (exact) mass is 434 g/mol. The normalized spacial score (nSPS) is 55.1. The van der Waals surface area contributed by atoms with Crippen LogP contribution in [-0.4, -0.2) is 110 Å². The fourth-order valence-corrected chi connectivity index (χ4v) is 5.48. The van der Waals surface area contributed by atoms with Gasteiger partial charge in [-0.15, -0.1) is 0 Å². The molecule has 2 heterocycles. The van der Waals surface area contributed by atoms with Gasteiger partial charge in [0.25, 0.3) is 0 Å². The van der Waals surface area contributed by atoms with E-state index in [2.05, 4.69) is 0 Å². The summed E-state index contributed by atoms with van der Waals surface area (Å²) in [6.45, 7) is -0.184. The molecule has 0 spiro atoms. The van der Waals surface area contributed by atoms with Gasteiger partial charge in [-0.05, 0) is 44.4 Å². The number of hydrogen-bond acceptors (Lipinski definition) is 10. The molecule has 30 heavy (non-hydrogen) atoms. The second-order valence-corrected chi connectivity index (χ2v) is 9.36. The number of aliphatic hydroxyl groups excluding tert-OH is 7. The molecule has 0 radical (unpaired) electrons. The van der Waals surface area contributed by atoms with E-state index < -0.39 is 61.2 Å². The minimum atomic E-state index is -1.44. The third-order valence-electron chi connectivity index (χ3n) is 7.24. The molecule has 0 amide bonds. The number of aliphatic hydroxyl groups is 7. The highest BCUT2D eigenvalue weighted by atomic mass is 16.7. The highest BCUT2D eigenvalue weighted by Crippen LogP contribution is 2.43. The Kier molecular flexibility index (Phi) is 7.00. The summed E-state index contributed by atoms with van der Waals surface area (Å²) in [4.78, 5) is 0. The van der Waals surface area contributed by atoms with Gasteiger partial charge in [-0.1, -0.05) is 0 Å². The van der Waals surface area contributed by atoms with Crippen LogP contribution in [0.5, 0.6) is 0 Å². The lowest BCUT2D eigenvalue weighted by Gasteiger charge is -2.50. The Balaban J connectivity index is 1.51. The maximum atomic E-state index is 10.5. The highest BCUT2D eigenvalue weighted by molar-refractivity contribution is 4.98. The maximum Gasteiger partial charge on any atom is 0.186 e. The molecule has 10 nitrogen and oxygen atoms in total. The average molecular weight is 434 g/mol. The van der Waals surface area contributed by atoms with E-state index in [1.807, 2.05) is 0 Å². The molecule has 0 aromatic rings. The molecule has 10 heteroatoms. The quantitative estimate of drug-likeness (QED) is 0.255. The third-order valence-corrected chi connectivity index (χ3v) is 7.24. The van der Waals surface area contributed by atoms with Crippen molar-refractivity contribution in [3.63, 3.8) is 0 Å². The molecule has 2 aliphatic heterocycles. The molecule has 7 N–H and O–H groups in total. The van der Waals surface area contributed by atoms with Crippen molar-refractivity contribution in [1.82, 2.24) is 0 Å². The predicted molar refractivity (Wildman–Crippen MR) is 100 cm³/mol. The zero-order chi connectivity index (χ0) is 21.6. The lowest BCUT2D eigenvalue weighted by molar-refractivity contribution is -0.313. The van der Waals surface area contributed by atoms with Gasteiger partial charge in [0.15, 0.2) is 6.29 Å². The number of ether oxygens (including phenoxy) is 3. The van der Waals surface area contributed by atoms with Gasteiger partial charge in [0.05, 0.1) is 49.3 Å². The van der Waals surface area contributed by atoms with Crippen LogP contribution in [0, 0.1) is 11.8 Å². The molecule has 2 aliphatic carbocycles. The molecular formula is C20H34O10. The Morgan fingerprint density at radius 2 is 1.47 bits per heavy atom. The largest absolute Gasteiger partial charge is 0.393 e. The fourth-order valence-electron chi connectivity index (χ4n) is 5.48. The fraction of sp³-hybridized carbons (Fsp3) is 1.00. The van der Waals surface area contributed by atoms with E-state index in [0.717, 1.165) is 0 Å². The zero-order valence-electron chi connectivity index (χ0n) is 16.8. The molecular weight excluding hydrogens is 400 g/mol. The van der Waals surface area contributed by atoms with Crippen LogP contribution in [0.25, 0.3) is 0 Å². The van der Waals surface area contributed by atoms with Crippen molar-refractivity contribution in [2.24, 2.45) is 11.8 Å². The molecule has 9 unspecified atom stereocenters. The first kappa shape index (κ1) is 22.8. The van der Waals surface area contributed by atoms with Crippen LogP contribution in [0.1, 0.15) is 38.5 Å². The van der Waals surface area contributed by atoms with Gasteiger partial charge in [0.2, 0.25) is 0 Å². The molecule has 2 saturated heterocycles. The topological polar surface area (TPSA) is 169 Å². The van der Waals surface area contributed by atoms with Crippen molar-refractivity contribution in [1.29, 1.82) is 0 Å². The van der Waals surface area contributed by atoms with Crippen LogP contribution in [0.2, 0.25) is 0 Å². The minimum absolute atomic E-state index is 0.123. The molecule has 0 aromatic carbocycles. The summed E-state index contributed by atoms with van der Waals surface area (Å²) in [6.07, 6.45) is -7.31. The molecule has 4 rings (SSSR count). The number of fused-ring (bicyclic) bond motifs is 1. The Hall–Kier alpha value is -0.400. The van der Waals surface area contributed by atoms with Gasteiger partial charge < -0.3 is 50.0 Å². The van der Waals surface area contributed by atoms with E-state index >= 15 is 0 Å². The molecule has 0 bridgehead atoms. The maximum absolute atomic E-state index is 10.5. The van der Waals surface area contributed by atoms with Gasteiger partial charge in [-0.25, -0.2) is 0 Å². The molecule has 174 valence electrons. The van der Waals surface area contributed by atoms with Gasteiger partial charge >= 0.3 is 0 Å². The van der Waals surface area contributed by atoms with Crippen LogP contribution in [0.4, 0.5) is 0 Å². The summed E-state index contributed by atoms with van der Waals surface area (Å²) in [5.74, 6) is -0.383. The molecule has 13 atom stereocenters. The van der Waals surface area contributed by atoms with Crippen molar-refractivity contribution < 1.29 is 50.0 Å². The van der Waals surface area contributed by atoms with Crippen LogP contribution < -0.4 is 0 Å². The van der Waals surface area contributed by atoms with Crippen molar-refractivity contribution in [3.05, 3.63) is 0 Å². The van der Waals surface area contributed by atoms with E-state index in [4.69, 9.17) is 14.2 Å². The van der Waals surface area contributed by atoms with Gasteiger partial charge in [0.1, 0.15) is 18.3 Å². The smallest absolute Gasteiger partial charge is 0.186 e. The number of rotatable bonds is 3. The van der Waals surface area contributed by atoms with Crippen LogP contribution in [0.3, 0.4) is 0 Å². The second kappa shape index (κ2) is 9.22. The predicted octanol–water partition coefficient (Wildman–Crippen LogP) is -2.38. The molecule has 0 aromatic heterocycles. The highest BCUT2D eigenvalue weighted by Gasteiger charge is 2.50. The van der Waals surface area contributed by atoms with E-state index in [1.165, 1.54) is 0 Å². The van der Waals surface area contributed by atoms with E-state index in [9.17, 15) is 35.7 Å². The van der Waals surface area contributed by atoms with Crippen LogP contribution in [-0.2, 0) is 14.2 Å². The average Bonchev–Trinajstić information content (AvgIpc) is 2.70. The van der Waals surface area contributed by atoms with Crippen molar-refractivity contribution in [2.45, 2.75) is 106 Å². The van der Waals surface area contributed by atoms with E-state index in [1.54, 1.807) is 0 Å². The third kappa shape index (κ3) is 4.54. The minimum Gasteiger partial charge on any atom is -0.393 e. The number of hydrogen-bond donors (Lipinski definition) is 7. The summed E-state index contributed by atoms with van der Waals surface area (Å²) < 4.78 is 17.7. The lowest BCUT2D eigenvalue weighted by atomic mass is 9.72. The van der Waals surface area contributed by atoms with Gasteiger partial charge in [-0.3, -0.25) is 0 Å². The first-order chi connectivity index (χ1) is 14.2. The van der Waals surface area contributed by atoms with Crippen LogP contribution in [0.15, 0.2) is 0 Å². The lowest BCUT2D eigenvalue weighted by Crippen LogP contribution is -2.59. The summed E-state index contributed by atoms with van der Waals surface area (Å²) in [6, 6.07) is 0. The Morgan fingerprint density at radius 1 is 0.700 bits per heavy atom. The second-order valence-electron chi connectivity index (χ2n) is 9.36.